The maximum Gasteiger partial charge on any atom is 0.147 e. The zero-order chi connectivity index (χ0) is 18.8. The van der Waals surface area contributed by atoms with Crippen molar-refractivity contribution in [1.82, 2.24) is 0 Å². The monoisotopic (exact) mass is 370 g/mol. The van der Waals surface area contributed by atoms with Gasteiger partial charge in [-0.1, -0.05) is 24.3 Å². The number of allylic oxidation sites excluding steroid dienone is 2. The van der Waals surface area contributed by atoms with Crippen molar-refractivity contribution in [3.63, 3.8) is 0 Å². The van der Waals surface area contributed by atoms with Crippen LogP contribution in [-0.4, -0.2) is 64.4 Å². The molecule has 6 heteroatoms. The molecule has 0 N–H and O–H groups in total. The first-order chi connectivity index (χ1) is 12.7. The highest BCUT2D eigenvalue weighted by atomic mass is 16.7. The van der Waals surface area contributed by atoms with E-state index in [-0.39, 0.29) is 50.2 Å². The molecule has 2 aliphatic heterocycles. The molecule has 0 aromatic carbocycles. The van der Waals surface area contributed by atoms with E-state index in [1.807, 2.05) is 38.2 Å². The molecule has 0 spiro atoms. The Morgan fingerprint density at radius 2 is 1.19 bits per heavy atom. The summed E-state index contributed by atoms with van der Waals surface area (Å²) in [6.45, 7) is 4.51. The molecule has 150 valence electrons. The molecule has 0 amide bonds. The second-order valence-corrected chi connectivity index (χ2v) is 6.71. The van der Waals surface area contributed by atoms with E-state index >= 15 is 0 Å². The summed E-state index contributed by atoms with van der Waals surface area (Å²) >= 11 is 0. The van der Waals surface area contributed by atoms with Crippen molar-refractivity contribution in [2.75, 3.05) is 27.8 Å². The Balaban J connectivity index is 1.86. The number of hydrogen-bond donors (Lipinski definition) is 0. The van der Waals surface area contributed by atoms with E-state index in [1.54, 1.807) is 14.2 Å². The molecule has 0 aromatic rings. The molecule has 0 aromatic heterocycles. The minimum Gasteiger partial charge on any atom is -0.369 e. The number of ether oxygens (including phenoxy) is 6. The van der Waals surface area contributed by atoms with E-state index in [1.165, 1.54) is 0 Å². The quantitative estimate of drug-likeness (QED) is 0.411. The molecular formula is C20H34O6. The van der Waals surface area contributed by atoms with E-state index in [0.29, 0.717) is 0 Å². The molecule has 26 heavy (non-hydrogen) atoms. The Bertz CT molecular complexity index is 398. The molecule has 0 radical (unpaired) electrons. The highest BCUT2D eigenvalue weighted by Crippen LogP contribution is 2.34. The third kappa shape index (κ3) is 6.15. The van der Waals surface area contributed by atoms with Gasteiger partial charge in [-0.2, -0.15) is 0 Å². The second-order valence-electron chi connectivity index (χ2n) is 6.71. The van der Waals surface area contributed by atoms with Gasteiger partial charge in [0.2, 0.25) is 0 Å². The third-order valence-electron chi connectivity index (χ3n) is 4.84. The van der Waals surface area contributed by atoms with Crippen LogP contribution in [0.3, 0.4) is 0 Å². The summed E-state index contributed by atoms with van der Waals surface area (Å²) in [6.07, 6.45) is 12.1. The first-order valence-corrected chi connectivity index (χ1v) is 9.51. The maximum absolute atomic E-state index is 6.29. The van der Waals surface area contributed by atoms with Gasteiger partial charge in [0.05, 0.1) is 24.4 Å². The first kappa shape index (κ1) is 21.5. The molecule has 0 aliphatic carbocycles. The fourth-order valence-electron chi connectivity index (χ4n) is 3.65. The van der Waals surface area contributed by atoms with E-state index < -0.39 is 0 Å². The van der Waals surface area contributed by atoms with Crippen molar-refractivity contribution >= 4 is 0 Å². The van der Waals surface area contributed by atoms with Gasteiger partial charge >= 0.3 is 0 Å². The third-order valence-corrected chi connectivity index (χ3v) is 4.84. The fourth-order valence-corrected chi connectivity index (χ4v) is 3.65. The largest absolute Gasteiger partial charge is 0.369 e. The first-order valence-electron chi connectivity index (χ1n) is 9.51. The average Bonchev–Trinajstić information content (AvgIpc) is 3.31. The van der Waals surface area contributed by atoms with Crippen molar-refractivity contribution in [3.8, 4) is 0 Å². The average molecular weight is 370 g/mol. The van der Waals surface area contributed by atoms with E-state index in [9.17, 15) is 0 Å². The lowest BCUT2D eigenvalue weighted by Gasteiger charge is -2.25. The van der Waals surface area contributed by atoms with Gasteiger partial charge in [-0.3, -0.25) is 0 Å². The van der Waals surface area contributed by atoms with Gasteiger partial charge in [-0.25, -0.2) is 0 Å². The van der Waals surface area contributed by atoms with E-state index in [0.717, 1.165) is 25.7 Å². The molecule has 0 saturated carbocycles. The molecule has 0 bridgehead atoms. The number of methoxy groups -OCH3 is 2. The number of rotatable bonds is 11. The summed E-state index contributed by atoms with van der Waals surface area (Å²) in [4.78, 5) is 0. The predicted octanol–water partition coefficient (Wildman–Crippen LogP) is 3.21. The van der Waals surface area contributed by atoms with Crippen LogP contribution in [0.1, 0.15) is 39.5 Å². The van der Waals surface area contributed by atoms with Crippen molar-refractivity contribution in [2.24, 2.45) is 0 Å². The molecule has 2 fully saturated rings. The molecule has 2 saturated heterocycles. The molecule has 0 unspecified atom stereocenters. The Kier molecular flexibility index (Phi) is 9.82. The Morgan fingerprint density at radius 3 is 1.54 bits per heavy atom. The molecule has 2 aliphatic rings. The van der Waals surface area contributed by atoms with E-state index in [4.69, 9.17) is 28.4 Å². The summed E-state index contributed by atoms with van der Waals surface area (Å²) in [5.41, 5.74) is 0. The van der Waals surface area contributed by atoms with Crippen LogP contribution in [0, 0.1) is 0 Å². The Morgan fingerprint density at radius 1 is 0.769 bits per heavy atom. The summed E-state index contributed by atoms with van der Waals surface area (Å²) < 4.78 is 34.1. The SMILES string of the molecule is C/C=C/[C@@H](OCOC)[C@@H]1CC[C@H]([C@H]2CC[C@@H]([C@@H](/C=C/C)OCOC)O2)O1. The van der Waals surface area contributed by atoms with Crippen LogP contribution in [-0.2, 0) is 28.4 Å². The van der Waals surface area contributed by atoms with Crippen LogP contribution in [0.5, 0.6) is 0 Å². The molecule has 2 heterocycles. The molecule has 2 rings (SSSR count). The Labute approximate surface area is 157 Å². The van der Waals surface area contributed by atoms with Crippen LogP contribution < -0.4 is 0 Å². The highest BCUT2D eigenvalue weighted by Gasteiger charge is 2.41. The molecular weight excluding hydrogens is 336 g/mol. The van der Waals surface area contributed by atoms with Crippen molar-refractivity contribution in [3.05, 3.63) is 24.3 Å². The summed E-state index contributed by atoms with van der Waals surface area (Å²) in [7, 11) is 3.26. The van der Waals surface area contributed by atoms with Gasteiger partial charge < -0.3 is 28.4 Å². The van der Waals surface area contributed by atoms with Gasteiger partial charge in [0.25, 0.3) is 0 Å². The fraction of sp³-hybridized carbons (Fsp3) is 0.800. The minimum absolute atomic E-state index is 0.0464. The lowest BCUT2D eigenvalue weighted by molar-refractivity contribution is -0.141. The zero-order valence-electron chi connectivity index (χ0n) is 16.5. The second kappa shape index (κ2) is 11.8. The zero-order valence-corrected chi connectivity index (χ0v) is 16.5. The minimum atomic E-state index is -0.0806. The smallest absolute Gasteiger partial charge is 0.147 e. The normalized spacial score (nSPS) is 32.0. The van der Waals surface area contributed by atoms with Crippen LogP contribution in [0.15, 0.2) is 24.3 Å². The number of hydrogen-bond acceptors (Lipinski definition) is 6. The predicted molar refractivity (Wildman–Crippen MR) is 98.9 cm³/mol. The standard InChI is InChI=1S/C20H34O6/c1-5-7-15(23-13-21-3)17-9-11-19(25-17)20-12-10-18(26-20)16(8-6-2)24-14-22-4/h5-8,15-20H,9-14H2,1-4H3/b7-5+,8-6+/t15-,16-,17+,18+,19-,20-/m1/s1. The van der Waals surface area contributed by atoms with Gasteiger partial charge in [-0.15, -0.1) is 0 Å². The van der Waals surface area contributed by atoms with Crippen molar-refractivity contribution in [2.45, 2.75) is 76.2 Å². The maximum atomic E-state index is 6.29. The van der Waals surface area contributed by atoms with Gasteiger partial charge in [-0.05, 0) is 39.5 Å². The van der Waals surface area contributed by atoms with Crippen molar-refractivity contribution < 1.29 is 28.4 Å². The van der Waals surface area contributed by atoms with Gasteiger partial charge in [0.1, 0.15) is 25.8 Å². The van der Waals surface area contributed by atoms with Crippen molar-refractivity contribution in [1.29, 1.82) is 0 Å². The lowest BCUT2D eigenvalue weighted by atomic mass is 10.0. The van der Waals surface area contributed by atoms with Crippen LogP contribution in [0.2, 0.25) is 0 Å². The van der Waals surface area contributed by atoms with Crippen LogP contribution in [0.4, 0.5) is 0 Å². The van der Waals surface area contributed by atoms with Crippen LogP contribution >= 0.6 is 0 Å². The van der Waals surface area contributed by atoms with E-state index in [2.05, 4.69) is 0 Å². The topological polar surface area (TPSA) is 55.4 Å². The summed E-state index contributed by atoms with van der Waals surface area (Å²) in [5.74, 6) is 0. The summed E-state index contributed by atoms with van der Waals surface area (Å²) in [5, 5.41) is 0. The molecule has 6 nitrogen and oxygen atoms in total. The van der Waals surface area contributed by atoms with Gasteiger partial charge in [0.15, 0.2) is 0 Å². The summed E-state index contributed by atoms with van der Waals surface area (Å²) in [6, 6.07) is 0. The van der Waals surface area contributed by atoms with Gasteiger partial charge in [0, 0.05) is 14.2 Å². The highest BCUT2D eigenvalue weighted by molar-refractivity contribution is 4.99. The van der Waals surface area contributed by atoms with Crippen LogP contribution in [0.25, 0.3) is 0 Å². The Hall–Kier alpha value is -0.760. The lowest BCUT2D eigenvalue weighted by Crippen LogP contribution is -2.34. The molecule has 6 atom stereocenters.